The Morgan fingerprint density at radius 3 is 2.74 bits per heavy atom. The van der Waals surface area contributed by atoms with Crippen molar-refractivity contribution in [2.24, 2.45) is 0 Å². The number of nitrogens with zero attached hydrogens (tertiary/aromatic N) is 3. The molecule has 2 N–H and O–H groups in total. The van der Waals surface area contributed by atoms with Gasteiger partial charge in [-0.2, -0.15) is 5.10 Å². The summed E-state index contributed by atoms with van der Waals surface area (Å²) in [5, 5.41) is 8.64. The number of carbonyl (C=O) groups excluding carboxylic acids is 3. The molecule has 9 nitrogen and oxygen atoms in total. The number of imide groups is 1. The molecule has 0 unspecified atom stereocenters. The third-order valence-corrected chi connectivity index (χ3v) is 3.43. The molecule has 2 heterocycles. The fourth-order valence-corrected chi connectivity index (χ4v) is 2.31. The first-order valence-corrected chi connectivity index (χ1v) is 8.29. The summed E-state index contributed by atoms with van der Waals surface area (Å²) in [5.74, 6) is -0.928. The summed E-state index contributed by atoms with van der Waals surface area (Å²) in [4.78, 5) is 39.7. The average molecular weight is 371 g/mol. The molecule has 0 saturated heterocycles. The smallest absolute Gasteiger partial charge is 0.342 e. The van der Waals surface area contributed by atoms with Crippen molar-refractivity contribution in [1.82, 2.24) is 25.4 Å². The summed E-state index contributed by atoms with van der Waals surface area (Å²) in [6, 6.07) is 4.67. The van der Waals surface area contributed by atoms with Crippen LogP contribution in [0, 0.1) is 0 Å². The number of ether oxygens (including phenoxy) is 1. The van der Waals surface area contributed by atoms with Gasteiger partial charge in [0.05, 0.1) is 11.9 Å². The Balaban J connectivity index is 2.06. The van der Waals surface area contributed by atoms with Gasteiger partial charge in [-0.05, 0) is 18.1 Å². The molecule has 0 saturated carbocycles. The molecule has 142 valence electrons. The lowest BCUT2D eigenvalue weighted by Gasteiger charge is -2.12. The molecular formula is C18H21N5O4. The molecule has 9 heteroatoms. The quantitative estimate of drug-likeness (QED) is 0.564. The minimum Gasteiger partial charge on any atom is -0.452 e. The van der Waals surface area contributed by atoms with Crippen molar-refractivity contribution in [2.45, 2.75) is 19.8 Å². The van der Waals surface area contributed by atoms with Gasteiger partial charge in [0.15, 0.2) is 12.4 Å². The number of hydrogen-bond donors (Lipinski definition) is 2. The molecule has 0 fully saturated rings. The first-order valence-electron chi connectivity index (χ1n) is 8.29. The Bertz CT molecular complexity index is 830. The zero-order chi connectivity index (χ0) is 19.8. The van der Waals surface area contributed by atoms with E-state index in [0.29, 0.717) is 11.5 Å². The Morgan fingerprint density at radius 1 is 1.33 bits per heavy atom. The van der Waals surface area contributed by atoms with Gasteiger partial charge in [0.2, 0.25) is 0 Å². The molecule has 3 amide bonds. The third-order valence-electron chi connectivity index (χ3n) is 3.43. The molecule has 2 aromatic heterocycles. The first kappa shape index (κ1) is 19.8. The number of amides is 3. The zero-order valence-electron chi connectivity index (χ0n) is 15.1. The number of hydrogen-bond acceptors (Lipinski definition) is 6. The summed E-state index contributed by atoms with van der Waals surface area (Å²) in [6.45, 7) is 6.88. The Hall–Kier alpha value is -3.49. The molecule has 0 aliphatic rings. The number of esters is 1. The van der Waals surface area contributed by atoms with Gasteiger partial charge in [0.1, 0.15) is 5.56 Å². The lowest BCUT2D eigenvalue weighted by atomic mass is 10.1. The summed E-state index contributed by atoms with van der Waals surface area (Å²) in [6.07, 6.45) is 4.47. The van der Waals surface area contributed by atoms with E-state index in [0.717, 1.165) is 0 Å². The molecule has 0 aliphatic carbocycles. The van der Waals surface area contributed by atoms with E-state index in [-0.39, 0.29) is 18.0 Å². The monoisotopic (exact) mass is 371 g/mol. The van der Waals surface area contributed by atoms with E-state index in [2.05, 4.69) is 22.0 Å². The lowest BCUT2D eigenvalue weighted by Crippen LogP contribution is -2.41. The molecule has 0 bridgehead atoms. The fourth-order valence-electron chi connectivity index (χ4n) is 2.31. The molecular weight excluding hydrogens is 350 g/mol. The van der Waals surface area contributed by atoms with Gasteiger partial charge in [-0.3, -0.25) is 10.1 Å². The van der Waals surface area contributed by atoms with Crippen LogP contribution in [0.3, 0.4) is 0 Å². The maximum Gasteiger partial charge on any atom is 0.342 e. The van der Waals surface area contributed by atoms with Gasteiger partial charge in [0.25, 0.3) is 5.91 Å². The first-order chi connectivity index (χ1) is 12.9. The van der Waals surface area contributed by atoms with E-state index in [1.54, 1.807) is 23.0 Å². The van der Waals surface area contributed by atoms with Crippen LogP contribution < -0.4 is 10.6 Å². The van der Waals surface area contributed by atoms with Gasteiger partial charge in [-0.15, -0.1) is 6.58 Å². The maximum atomic E-state index is 12.4. The third kappa shape index (κ3) is 5.24. The van der Waals surface area contributed by atoms with Crippen LogP contribution in [-0.4, -0.2) is 45.8 Å². The van der Waals surface area contributed by atoms with E-state index >= 15 is 0 Å². The van der Waals surface area contributed by atoms with E-state index in [4.69, 9.17) is 4.74 Å². The molecule has 27 heavy (non-hydrogen) atoms. The predicted octanol–water partition coefficient (Wildman–Crippen LogP) is 1.56. The van der Waals surface area contributed by atoms with Crippen molar-refractivity contribution < 1.29 is 19.1 Å². The molecule has 2 rings (SSSR count). The zero-order valence-corrected chi connectivity index (χ0v) is 15.1. The summed E-state index contributed by atoms with van der Waals surface area (Å²) in [7, 11) is 0. The highest BCUT2D eigenvalue weighted by atomic mass is 16.5. The second kappa shape index (κ2) is 9.27. The van der Waals surface area contributed by atoms with E-state index in [9.17, 15) is 14.4 Å². The van der Waals surface area contributed by atoms with Gasteiger partial charge in [0, 0.05) is 12.7 Å². The van der Waals surface area contributed by atoms with Crippen molar-refractivity contribution in [3.05, 3.63) is 54.5 Å². The van der Waals surface area contributed by atoms with Crippen molar-refractivity contribution in [1.29, 1.82) is 0 Å². The van der Waals surface area contributed by atoms with Crippen molar-refractivity contribution in [3.63, 3.8) is 0 Å². The lowest BCUT2D eigenvalue weighted by molar-refractivity contribution is -0.123. The second-order valence-electron chi connectivity index (χ2n) is 5.82. The highest BCUT2D eigenvalue weighted by Crippen LogP contribution is 2.22. The number of aromatic nitrogens is 3. The number of rotatable bonds is 7. The largest absolute Gasteiger partial charge is 0.452 e. The molecule has 0 spiro atoms. The van der Waals surface area contributed by atoms with Gasteiger partial charge < -0.3 is 10.1 Å². The van der Waals surface area contributed by atoms with Crippen LogP contribution in [0.5, 0.6) is 0 Å². The van der Waals surface area contributed by atoms with Crippen LogP contribution >= 0.6 is 0 Å². The molecule has 0 atom stereocenters. The standard InChI is InChI=1S/C18H21N5O4/c1-4-8-20-18(26)22-15(24)11-27-17(25)13-10-21-23(16(13)12(2)3)14-7-5-6-9-19-14/h4-7,9-10,12H,1,8,11H2,2-3H3,(H2,20,22,24,26). The Morgan fingerprint density at radius 2 is 2.11 bits per heavy atom. The fraction of sp³-hybridized carbons (Fsp3) is 0.278. The summed E-state index contributed by atoms with van der Waals surface area (Å²) < 4.78 is 6.57. The number of pyridine rings is 1. The summed E-state index contributed by atoms with van der Waals surface area (Å²) in [5.41, 5.74) is 0.849. The van der Waals surface area contributed by atoms with Crippen LogP contribution in [-0.2, 0) is 9.53 Å². The molecule has 0 aromatic carbocycles. The van der Waals surface area contributed by atoms with Crippen LogP contribution in [0.2, 0.25) is 0 Å². The predicted molar refractivity (Wildman–Crippen MR) is 97.5 cm³/mol. The molecule has 2 aromatic rings. The number of urea groups is 1. The summed E-state index contributed by atoms with van der Waals surface area (Å²) >= 11 is 0. The van der Waals surface area contributed by atoms with Crippen LogP contribution in [0.4, 0.5) is 4.79 Å². The van der Waals surface area contributed by atoms with Crippen LogP contribution in [0.1, 0.15) is 35.8 Å². The van der Waals surface area contributed by atoms with Crippen molar-refractivity contribution in [2.75, 3.05) is 13.2 Å². The van der Waals surface area contributed by atoms with Crippen LogP contribution in [0.25, 0.3) is 5.82 Å². The minimum atomic E-state index is -0.742. The van der Waals surface area contributed by atoms with Crippen molar-refractivity contribution >= 4 is 17.9 Å². The van der Waals surface area contributed by atoms with Crippen LogP contribution in [0.15, 0.2) is 43.2 Å². The minimum absolute atomic E-state index is 0.0458. The van der Waals surface area contributed by atoms with Gasteiger partial charge in [-0.25, -0.2) is 19.3 Å². The number of carbonyl (C=O) groups is 3. The van der Waals surface area contributed by atoms with Gasteiger partial charge >= 0.3 is 12.0 Å². The van der Waals surface area contributed by atoms with Crippen molar-refractivity contribution in [3.8, 4) is 5.82 Å². The second-order valence-corrected chi connectivity index (χ2v) is 5.82. The number of nitrogens with one attached hydrogen (secondary N) is 2. The van der Waals surface area contributed by atoms with Gasteiger partial charge in [-0.1, -0.05) is 26.0 Å². The Kier molecular flexibility index (Phi) is 6.81. The highest BCUT2D eigenvalue weighted by Gasteiger charge is 2.23. The van der Waals surface area contributed by atoms with E-state index < -0.39 is 24.5 Å². The topological polar surface area (TPSA) is 115 Å². The average Bonchev–Trinajstić information content (AvgIpc) is 3.10. The molecule has 0 radical (unpaired) electrons. The van der Waals surface area contributed by atoms with E-state index in [1.807, 2.05) is 25.2 Å². The normalized spacial score (nSPS) is 10.3. The van der Waals surface area contributed by atoms with E-state index in [1.165, 1.54) is 12.3 Å². The molecule has 0 aliphatic heterocycles. The highest BCUT2D eigenvalue weighted by molar-refractivity contribution is 5.97. The Labute approximate surface area is 156 Å². The maximum absolute atomic E-state index is 12.4. The SMILES string of the molecule is C=CCNC(=O)NC(=O)COC(=O)c1cnn(-c2ccccn2)c1C(C)C.